The molecule has 2 aromatic rings. The number of anilines is 1. The fraction of sp³-hybridized carbons (Fsp3) is 0.541. The zero-order valence-electron chi connectivity index (χ0n) is 27.4. The second-order valence-corrected chi connectivity index (χ2v) is 13.8. The van der Waals surface area contributed by atoms with Gasteiger partial charge in [0.25, 0.3) is 5.91 Å². The van der Waals surface area contributed by atoms with E-state index < -0.39 is 35.1 Å². The summed E-state index contributed by atoms with van der Waals surface area (Å²) in [7, 11) is 0. The van der Waals surface area contributed by atoms with Crippen LogP contribution in [0.3, 0.4) is 0 Å². The number of aliphatic hydroxyl groups is 1. The Balaban J connectivity index is 1.66. The molecule has 7 atom stereocenters. The van der Waals surface area contributed by atoms with Gasteiger partial charge in [0.2, 0.25) is 11.8 Å². The molecule has 2 bridgehead atoms. The maximum absolute atomic E-state index is 15.1. The Morgan fingerprint density at radius 3 is 2.42 bits per heavy atom. The number of fused-ring (bicyclic) bond motifs is 2. The number of amides is 3. The molecule has 3 heterocycles. The van der Waals surface area contributed by atoms with E-state index in [2.05, 4.69) is 20.1 Å². The Bertz CT molecular complexity index is 1470. The van der Waals surface area contributed by atoms with Gasteiger partial charge in [0, 0.05) is 25.3 Å². The second kappa shape index (κ2) is 12.7. The van der Waals surface area contributed by atoms with E-state index in [4.69, 9.17) is 4.74 Å². The molecule has 0 radical (unpaired) electrons. The van der Waals surface area contributed by atoms with E-state index in [1.165, 1.54) is 0 Å². The zero-order chi connectivity index (χ0) is 32.7. The maximum atomic E-state index is 15.1. The standard InChI is InChI=1S/C37H49N3O5/c1-8-17-38(18-9-2)33(42)30-31-34(43)40(29(23-41)20-24(4)5)32(37(31)22-25(6)36(30,7)45-37)35(44)39(19-10-3)28-16-15-26-13-11-12-14-27(26)21-28/h8,10-16,21,24-25,29-32,41H,1,3,9,17-20,22-23H2,2,4-7H3/t25?,29-,30+,31+,32?,36-,37?/m1/s1. The molecule has 3 saturated heterocycles. The molecule has 5 rings (SSSR count). The average Bonchev–Trinajstić information content (AvgIpc) is 3.53. The van der Waals surface area contributed by atoms with Gasteiger partial charge in [-0.15, -0.1) is 13.2 Å². The van der Waals surface area contributed by atoms with Crippen LogP contribution in [0.5, 0.6) is 0 Å². The average molecular weight is 616 g/mol. The Hall–Kier alpha value is -3.49. The Morgan fingerprint density at radius 2 is 1.80 bits per heavy atom. The summed E-state index contributed by atoms with van der Waals surface area (Å²) >= 11 is 0. The molecule has 2 aromatic carbocycles. The molecular weight excluding hydrogens is 566 g/mol. The molecule has 242 valence electrons. The molecule has 3 amide bonds. The van der Waals surface area contributed by atoms with Crippen molar-refractivity contribution in [3.8, 4) is 0 Å². The molecule has 1 spiro atoms. The number of likely N-dealkylation sites (tertiary alicyclic amines) is 1. The highest BCUT2D eigenvalue weighted by Crippen LogP contribution is 2.66. The lowest BCUT2D eigenvalue weighted by Crippen LogP contribution is -2.59. The van der Waals surface area contributed by atoms with E-state index in [0.29, 0.717) is 31.6 Å². The Labute approximate surface area is 267 Å². The highest BCUT2D eigenvalue weighted by molar-refractivity contribution is 6.06. The van der Waals surface area contributed by atoms with Gasteiger partial charge in [-0.1, -0.05) is 70.2 Å². The van der Waals surface area contributed by atoms with Crippen LogP contribution in [-0.4, -0.2) is 82.2 Å². The van der Waals surface area contributed by atoms with Gasteiger partial charge in [0.15, 0.2) is 0 Å². The molecule has 45 heavy (non-hydrogen) atoms. The summed E-state index contributed by atoms with van der Waals surface area (Å²) in [6.07, 6.45) is 5.13. The minimum Gasteiger partial charge on any atom is -0.394 e. The lowest BCUT2D eigenvalue weighted by molar-refractivity contribution is -0.154. The number of aliphatic hydroxyl groups excluding tert-OH is 1. The van der Waals surface area contributed by atoms with Gasteiger partial charge in [0.05, 0.1) is 30.1 Å². The number of ether oxygens (including phenoxy) is 1. The summed E-state index contributed by atoms with van der Waals surface area (Å²) in [5.74, 6) is -2.23. The van der Waals surface area contributed by atoms with Crippen molar-refractivity contribution < 1.29 is 24.2 Å². The second-order valence-electron chi connectivity index (χ2n) is 13.8. The van der Waals surface area contributed by atoms with Crippen molar-refractivity contribution in [1.82, 2.24) is 9.80 Å². The van der Waals surface area contributed by atoms with E-state index >= 15 is 4.79 Å². The predicted molar refractivity (Wildman–Crippen MR) is 178 cm³/mol. The highest BCUT2D eigenvalue weighted by atomic mass is 16.5. The van der Waals surface area contributed by atoms with Gasteiger partial charge < -0.3 is 24.5 Å². The van der Waals surface area contributed by atoms with E-state index in [0.717, 1.165) is 17.2 Å². The lowest BCUT2D eigenvalue weighted by atomic mass is 9.62. The van der Waals surface area contributed by atoms with Gasteiger partial charge >= 0.3 is 0 Å². The van der Waals surface area contributed by atoms with Crippen molar-refractivity contribution >= 4 is 34.2 Å². The van der Waals surface area contributed by atoms with Gasteiger partial charge in [-0.05, 0) is 60.9 Å². The topological polar surface area (TPSA) is 90.4 Å². The van der Waals surface area contributed by atoms with Crippen LogP contribution in [0.1, 0.15) is 53.9 Å². The Morgan fingerprint density at radius 1 is 1.11 bits per heavy atom. The summed E-state index contributed by atoms with van der Waals surface area (Å²) in [5, 5.41) is 12.7. The van der Waals surface area contributed by atoms with E-state index in [-0.39, 0.29) is 42.7 Å². The minimum atomic E-state index is -1.21. The fourth-order valence-electron chi connectivity index (χ4n) is 8.40. The number of benzene rings is 2. The van der Waals surface area contributed by atoms with Crippen LogP contribution in [0.25, 0.3) is 10.8 Å². The van der Waals surface area contributed by atoms with Crippen LogP contribution >= 0.6 is 0 Å². The Kier molecular flexibility index (Phi) is 9.30. The van der Waals surface area contributed by atoms with Crippen LogP contribution < -0.4 is 4.90 Å². The summed E-state index contributed by atoms with van der Waals surface area (Å²) in [6, 6.07) is 12.2. The smallest absolute Gasteiger partial charge is 0.253 e. The number of carbonyl (C=O) groups is 3. The SMILES string of the molecule is C=CCN(CCC)C(=O)[C@@H]1[C@H]2C(=O)N([C@@H](CO)CC(C)C)C(C(=O)N(CC=C)c3ccc4ccccc4c3)C23CC(C)[C@@]1(C)O3. The van der Waals surface area contributed by atoms with Crippen LogP contribution in [0.15, 0.2) is 67.8 Å². The molecule has 0 aromatic heterocycles. The van der Waals surface area contributed by atoms with Crippen molar-refractivity contribution in [2.75, 3.05) is 31.1 Å². The van der Waals surface area contributed by atoms with Crippen molar-refractivity contribution in [2.45, 2.75) is 77.2 Å². The lowest BCUT2D eigenvalue weighted by Gasteiger charge is -2.40. The first kappa shape index (κ1) is 32.9. The normalized spacial score (nSPS) is 29.2. The van der Waals surface area contributed by atoms with Crippen LogP contribution in [0.2, 0.25) is 0 Å². The van der Waals surface area contributed by atoms with Crippen LogP contribution in [-0.2, 0) is 19.1 Å². The number of carbonyl (C=O) groups excluding carboxylic acids is 3. The number of hydrogen-bond acceptors (Lipinski definition) is 5. The molecule has 8 nitrogen and oxygen atoms in total. The quantitative estimate of drug-likeness (QED) is 0.313. The molecule has 8 heteroatoms. The van der Waals surface area contributed by atoms with Gasteiger partial charge in [0.1, 0.15) is 11.6 Å². The summed E-state index contributed by atoms with van der Waals surface area (Å²) < 4.78 is 7.00. The summed E-state index contributed by atoms with van der Waals surface area (Å²) in [5.41, 5.74) is -1.45. The maximum Gasteiger partial charge on any atom is 0.253 e. The van der Waals surface area contributed by atoms with E-state index in [1.807, 2.05) is 70.2 Å². The fourth-order valence-corrected chi connectivity index (χ4v) is 8.40. The first-order valence-electron chi connectivity index (χ1n) is 16.4. The van der Waals surface area contributed by atoms with Crippen molar-refractivity contribution in [1.29, 1.82) is 0 Å². The first-order chi connectivity index (χ1) is 21.5. The third kappa shape index (κ3) is 5.30. The highest BCUT2D eigenvalue weighted by Gasteiger charge is 2.80. The first-order valence-corrected chi connectivity index (χ1v) is 16.4. The minimum absolute atomic E-state index is 0.0795. The summed E-state index contributed by atoms with van der Waals surface area (Å²) in [6.45, 7) is 18.7. The molecule has 0 saturated carbocycles. The number of rotatable bonds is 13. The predicted octanol–water partition coefficient (Wildman–Crippen LogP) is 5.20. The molecule has 3 aliphatic heterocycles. The van der Waals surface area contributed by atoms with Crippen molar-refractivity contribution in [3.05, 3.63) is 67.8 Å². The number of hydrogen-bond donors (Lipinski definition) is 1. The summed E-state index contributed by atoms with van der Waals surface area (Å²) in [4.78, 5) is 49.3. The largest absolute Gasteiger partial charge is 0.394 e. The molecule has 3 fully saturated rings. The van der Waals surface area contributed by atoms with Crippen molar-refractivity contribution in [3.63, 3.8) is 0 Å². The molecule has 3 unspecified atom stereocenters. The van der Waals surface area contributed by atoms with E-state index in [1.54, 1.807) is 26.9 Å². The van der Waals surface area contributed by atoms with Gasteiger partial charge in [-0.2, -0.15) is 0 Å². The molecule has 1 N–H and O–H groups in total. The zero-order valence-corrected chi connectivity index (χ0v) is 27.4. The molecule has 0 aliphatic carbocycles. The van der Waals surface area contributed by atoms with E-state index in [9.17, 15) is 14.7 Å². The van der Waals surface area contributed by atoms with Gasteiger partial charge in [-0.3, -0.25) is 14.4 Å². The number of nitrogens with zero attached hydrogens (tertiary/aromatic N) is 3. The monoisotopic (exact) mass is 615 g/mol. The third-order valence-corrected chi connectivity index (χ3v) is 10.4. The van der Waals surface area contributed by atoms with Gasteiger partial charge in [-0.25, -0.2) is 0 Å². The molecule has 3 aliphatic rings. The third-order valence-electron chi connectivity index (χ3n) is 10.4. The van der Waals surface area contributed by atoms with Crippen LogP contribution in [0.4, 0.5) is 5.69 Å². The molecular formula is C37H49N3O5. The van der Waals surface area contributed by atoms with Crippen molar-refractivity contribution in [2.24, 2.45) is 23.7 Å². The van der Waals surface area contributed by atoms with Crippen LogP contribution in [0, 0.1) is 23.7 Å².